The van der Waals surface area contributed by atoms with Crippen LogP contribution in [0, 0.1) is 0 Å². The van der Waals surface area contributed by atoms with Crippen molar-refractivity contribution in [2.24, 2.45) is 0 Å². The van der Waals surface area contributed by atoms with E-state index in [1.54, 1.807) is 18.9 Å². The van der Waals surface area contributed by atoms with Crippen molar-refractivity contribution in [1.29, 1.82) is 0 Å². The Morgan fingerprint density at radius 1 is 1.42 bits per heavy atom. The maximum Gasteiger partial charge on any atom is 0.304 e. The smallest absolute Gasteiger partial charge is 0.304 e. The van der Waals surface area contributed by atoms with Gasteiger partial charge in [-0.1, -0.05) is 0 Å². The summed E-state index contributed by atoms with van der Waals surface area (Å²) in [6.07, 6.45) is 0.384. The summed E-state index contributed by atoms with van der Waals surface area (Å²) in [5.41, 5.74) is -0.705. The molecule has 1 amide bonds. The van der Waals surface area contributed by atoms with Gasteiger partial charge in [-0.25, -0.2) is 8.42 Å². The second kappa shape index (κ2) is 5.87. The van der Waals surface area contributed by atoms with Crippen LogP contribution in [0.4, 0.5) is 0 Å². The van der Waals surface area contributed by atoms with E-state index in [4.69, 9.17) is 5.11 Å². The number of likely N-dealkylation sites (N-methyl/N-ethyl adjacent to an activating group) is 1. The molecule has 0 saturated carbocycles. The highest BCUT2D eigenvalue weighted by atomic mass is 32.2. The van der Waals surface area contributed by atoms with Crippen LogP contribution in [0.2, 0.25) is 0 Å². The molecule has 0 bridgehead atoms. The first-order chi connectivity index (χ1) is 8.62. The predicted octanol–water partition coefficient (Wildman–Crippen LogP) is -0.914. The molecule has 1 aliphatic rings. The number of carboxylic acids is 1. The van der Waals surface area contributed by atoms with Crippen LogP contribution >= 0.6 is 0 Å². The van der Waals surface area contributed by atoms with Crippen LogP contribution in [0.3, 0.4) is 0 Å². The lowest BCUT2D eigenvalue weighted by Crippen LogP contribution is -2.50. The highest BCUT2D eigenvalue weighted by molar-refractivity contribution is 7.91. The fraction of sp³-hybridized carbons (Fsp3) is 0.818. The number of hydrogen-bond acceptors (Lipinski definition) is 5. The second-order valence-corrected chi connectivity index (χ2v) is 7.52. The lowest BCUT2D eigenvalue weighted by atomic mass is 10.0. The lowest BCUT2D eigenvalue weighted by Gasteiger charge is -2.25. The van der Waals surface area contributed by atoms with Gasteiger partial charge in [0.05, 0.1) is 30.0 Å². The van der Waals surface area contributed by atoms with Crippen molar-refractivity contribution in [2.75, 3.05) is 31.6 Å². The Hall–Kier alpha value is -1.15. The molecule has 8 heteroatoms. The molecular formula is C11H20N2O5S. The largest absolute Gasteiger partial charge is 0.481 e. The summed E-state index contributed by atoms with van der Waals surface area (Å²) in [4.78, 5) is 23.8. The fourth-order valence-electron chi connectivity index (χ4n) is 2.10. The molecule has 2 N–H and O–H groups in total. The summed E-state index contributed by atoms with van der Waals surface area (Å²) in [7, 11) is -1.41. The van der Waals surface area contributed by atoms with Gasteiger partial charge in [0.25, 0.3) is 0 Å². The van der Waals surface area contributed by atoms with Crippen LogP contribution < -0.4 is 5.32 Å². The normalized spacial score (nSPS) is 25.4. The third-order valence-electron chi connectivity index (χ3n) is 3.07. The molecule has 1 aliphatic heterocycles. The summed E-state index contributed by atoms with van der Waals surface area (Å²) in [5.74, 6) is -1.14. The summed E-state index contributed by atoms with van der Waals surface area (Å²) >= 11 is 0. The maximum absolute atomic E-state index is 11.8. The van der Waals surface area contributed by atoms with E-state index >= 15 is 0 Å². The Balaban J connectivity index is 2.41. The first-order valence-electron chi connectivity index (χ1n) is 6.04. The van der Waals surface area contributed by atoms with Gasteiger partial charge in [0.1, 0.15) is 0 Å². The lowest BCUT2D eigenvalue weighted by molar-refractivity contribution is -0.137. The van der Waals surface area contributed by atoms with Crippen LogP contribution in [-0.4, -0.2) is 67.5 Å². The summed E-state index contributed by atoms with van der Waals surface area (Å²) in [6, 6.07) is 0. The van der Waals surface area contributed by atoms with Gasteiger partial charge in [-0.3, -0.25) is 14.5 Å². The molecule has 0 radical (unpaired) electrons. The first kappa shape index (κ1) is 15.9. The Kier molecular flexibility index (Phi) is 4.92. The van der Waals surface area contributed by atoms with Crippen molar-refractivity contribution in [3.63, 3.8) is 0 Å². The molecule has 110 valence electrons. The van der Waals surface area contributed by atoms with E-state index in [0.29, 0.717) is 6.42 Å². The summed E-state index contributed by atoms with van der Waals surface area (Å²) in [6.45, 7) is 2.05. The zero-order valence-corrected chi connectivity index (χ0v) is 12.0. The average molecular weight is 292 g/mol. The van der Waals surface area contributed by atoms with Crippen molar-refractivity contribution in [3.8, 4) is 0 Å². The topological polar surface area (TPSA) is 104 Å². The van der Waals surface area contributed by atoms with E-state index < -0.39 is 21.3 Å². The number of amides is 1. The van der Waals surface area contributed by atoms with E-state index in [1.807, 2.05) is 0 Å². The van der Waals surface area contributed by atoms with Crippen LogP contribution in [0.1, 0.15) is 19.8 Å². The zero-order chi connectivity index (χ0) is 14.7. The summed E-state index contributed by atoms with van der Waals surface area (Å²) in [5, 5.41) is 11.3. The van der Waals surface area contributed by atoms with Crippen molar-refractivity contribution in [2.45, 2.75) is 25.3 Å². The molecule has 1 atom stereocenters. The van der Waals surface area contributed by atoms with Crippen LogP contribution in [0.25, 0.3) is 0 Å². The Morgan fingerprint density at radius 3 is 2.53 bits per heavy atom. The number of aliphatic carboxylic acids is 1. The van der Waals surface area contributed by atoms with Crippen molar-refractivity contribution >= 4 is 21.7 Å². The molecule has 19 heavy (non-hydrogen) atoms. The zero-order valence-electron chi connectivity index (χ0n) is 11.2. The minimum absolute atomic E-state index is 0.0323. The Bertz CT molecular complexity index is 462. The minimum Gasteiger partial charge on any atom is -0.481 e. The number of carbonyl (C=O) groups excluding carboxylic acids is 1. The van der Waals surface area contributed by atoms with Gasteiger partial charge in [0.2, 0.25) is 5.91 Å². The predicted molar refractivity (Wildman–Crippen MR) is 69.6 cm³/mol. The van der Waals surface area contributed by atoms with Gasteiger partial charge in [0.15, 0.2) is 9.84 Å². The third-order valence-corrected chi connectivity index (χ3v) is 4.97. The van der Waals surface area contributed by atoms with Crippen molar-refractivity contribution < 1.29 is 23.1 Å². The Morgan fingerprint density at radius 2 is 2.05 bits per heavy atom. The number of carboxylic acid groups (broad SMARTS) is 1. The Labute approximate surface area is 112 Å². The molecule has 7 nitrogen and oxygen atoms in total. The SMILES string of the molecule is CN(CCC(=O)O)CC(=O)NC1(C)CCS(=O)(=O)C1. The van der Waals surface area contributed by atoms with Gasteiger partial charge >= 0.3 is 5.97 Å². The molecule has 1 rings (SSSR count). The van der Waals surface area contributed by atoms with E-state index in [9.17, 15) is 18.0 Å². The average Bonchev–Trinajstić information content (AvgIpc) is 2.49. The highest BCUT2D eigenvalue weighted by Crippen LogP contribution is 2.22. The van der Waals surface area contributed by atoms with E-state index in [0.717, 1.165) is 0 Å². The van der Waals surface area contributed by atoms with E-state index in [-0.39, 0.29) is 36.9 Å². The monoisotopic (exact) mass is 292 g/mol. The van der Waals surface area contributed by atoms with Gasteiger partial charge in [-0.05, 0) is 20.4 Å². The van der Waals surface area contributed by atoms with Crippen molar-refractivity contribution in [1.82, 2.24) is 10.2 Å². The highest BCUT2D eigenvalue weighted by Gasteiger charge is 2.39. The molecule has 0 aromatic heterocycles. The molecule has 0 aromatic carbocycles. The molecule has 1 unspecified atom stereocenters. The number of nitrogens with zero attached hydrogens (tertiary/aromatic N) is 1. The van der Waals surface area contributed by atoms with E-state index in [1.165, 1.54) is 0 Å². The molecule has 0 spiro atoms. The number of rotatable bonds is 6. The molecule has 0 aromatic rings. The number of nitrogens with one attached hydrogen (secondary N) is 1. The summed E-state index contributed by atoms with van der Waals surface area (Å²) < 4.78 is 22.8. The van der Waals surface area contributed by atoms with Crippen LogP contribution in [0.5, 0.6) is 0 Å². The number of hydrogen-bond donors (Lipinski definition) is 2. The minimum atomic E-state index is -3.06. The van der Waals surface area contributed by atoms with E-state index in [2.05, 4.69) is 5.32 Å². The van der Waals surface area contributed by atoms with Crippen molar-refractivity contribution in [3.05, 3.63) is 0 Å². The number of carbonyl (C=O) groups is 2. The van der Waals surface area contributed by atoms with Crippen LogP contribution in [-0.2, 0) is 19.4 Å². The molecule has 1 fully saturated rings. The van der Waals surface area contributed by atoms with Gasteiger partial charge in [-0.2, -0.15) is 0 Å². The number of sulfone groups is 1. The standard InChI is InChI=1S/C11H20N2O5S/c1-11(4-6-19(17,18)8-11)12-9(14)7-13(2)5-3-10(15)16/h3-8H2,1-2H3,(H,12,14)(H,15,16). The fourth-order valence-corrected chi connectivity index (χ4v) is 4.19. The third kappa shape index (κ3) is 5.56. The first-order valence-corrected chi connectivity index (χ1v) is 7.86. The van der Waals surface area contributed by atoms with Gasteiger partial charge in [0, 0.05) is 6.54 Å². The second-order valence-electron chi connectivity index (χ2n) is 5.33. The molecule has 1 saturated heterocycles. The van der Waals surface area contributed by atoms with Gasteiger partial charge < -0.3 is 10.4 Å². The molecular weight excluding hydrogens is 272 g/mol. The van der Waals surface area contributed by atoms with Crippen LogP contribution in [0.15, 0.2) is 0 Å². The molecule has 0 aliphatic carbocycles. The molecule has 1 heterocycles. The quantitative estimate of drug-likeness (QED) is 0.656. The maximum atomic E-state index is 11.8. The van der Waals surface area contributed by atoms with Gasteiger partial charge in [-0.15, -0.1) is 0 Å².